The second kappa shape index (κ2) is 27.1. The summed E-state index contributed by atoms with van der Waals surface area (Å²) < 4.78 is 0. The summed E-state index contributed by atoms with van der Waals surface area (Å²) in [6, 6.07) is 0. The van der Waals surface area contributed by atoms with Crippen LogP contribution in [0.1, 0.15) is 130 Å². The Morgan fingerprint density at radius 3 is 0.885 bits per heavy atom. The van der Waals surface area contributed by atoms with Gasteiger partial charge in [-0.15, -0.1) is 0 Å². The van der Waals surface area contributed by atoms with E-state index in [1.54, 1.807) is 4.90 Å². The Balaban J connectivity index is 0. The molecule has 160 valence electrons. The van der Waals surface area contributed by atoms with Gasteiger partial charge in [0.15, 0.2) is 0 Å². The van der Waals surface area contributed by atoms with Gasteiger partial charge in [-0.05, 0) is 20.8 Å². The number of rotatable bonds is 19. The zero-order valence-electron chi connectivity index (χ0n) is 19.1. The second-order valence-electron chi connectivity index (χ2n) is 7.86. The quantitative estimate of drug-likeness (QED) is 0.232. The molecule has 2 nitrogen and oxygen atoms in total. The van der Waals surface area contributed by atoms with Crippen molar-refractivity contribution in [3.8, 4) is 0 Å². The van der Waals surface area contributed by atoms with Crippen molar-refractivity contribution in [3.63, 3.8) is 0 Å². The topological polar surface area (TPSA) is 28.2 Å². The zero-order chi connectivity index (χ0) is 19.7. The van der Waals surface area contributed by atoms with E-state index in [0.717, 1.165) is 6.42 Å². The molecule has 26 heavy (non-hydrogen) atoms. The molecule has 0 aromatic rings. The third-order valence-electron chi connectivity index (χ3n) is 5.53. The molecule has 0 heterocycles. The summed E-state index contributed by atoms with van der Waals surface area (Å²) >= 11 is 0. The average Bonchev–Trinajstić information content (AvgIpc) is 2.67. The van der Waals surface area contributed by atoms with Gasteiger partial charge in [0.05, 0.1) is 19.6 Å². The molecule has 0 saturated carbocycles. The smallest absolute Gasteiger partial charge is 0.0742 e. The van der Waals surface area contributed by atoms with Gasteiger partial charge in [0, 0.05) is 0 Å². The van der Waals surface area contributed by atoms with Crippen LogP contribution < -0.4 is 4.90 Å². The first kappa shape index (κ1) is 28.1. The minimum Gasteiger partial charge on any atom is -0.677 e. The van der Waals surface area contributed by atoms with Crippen LogP contribution in [0.3, 0.4) is 0 Å². The lowest BCUT2D eigenvalue weighted by Gasteiger charge is -2.10. The second-order valence-corrected chi connectivity index (χ2v) is 7.86. The molecule has 0 aromatic heterocycles. The Morgan fingerprint density at radius 2 is 0.692 bits per heavy atom. The molecule has 0 unspecified atom stereocenters. The predicted octanol–water partition coefficient (Wildman–Crippen LogP) is 7.23. The fraction of sp³-hybridized carbons (Fsp3) is 1.00. The van der Waals surface area contributed by atoms with Crippen LogP contribution in [-0.2, 0) is 0 Å². The van der Waals surface area contributed by atoms with E-state index in [9.17, 15) is 0 Å². The third-order valence-corrected chi connectivity index (χ3v) is 5.53. The van der Waals surface area contributed by atoms with Crippen LogP contribution in [0.4, 0.5) is 0 Å². The molecule has 0 aliphatic heterocycles. The summed E-state index contributed by atoms with van der Waals surface area (Å²) in [4.78, 5) is 1.68. The van der Waals surface area contributed by atoms with E-state index >= 15 is 0 Å². The van der Waals surface area contributed by atoms with E-state index in [2.05, 4.69) is 27.7 Å². The maximum absolute atomic E-state index is 7.08. The van der Waals surface area contributed by atoms with E-state index in [1.807, 2.05) is 0 Å². The standard InChI is InChI=1S/C18H38N.C6H15N/c1-2-3-4-5-6-7-8-9-10-11-12-13-14-15-16-17-18-19;1-4-7(5-2)6-3/h19H,2-18H2,1H3;4-6H2,1-3H3/q-1;/p+1. The molecule has 0 spiro atoms. The van der Waals surface area contributed by atoms with Gasteiger partial charge in [-0.3, -0.25) is 0 Å². The van der Waals surface area contributed by atoms with E-state index in [0.29, 0.717) is 6.54 Å². The number of quaternary nitrogens is 1. The van der Waals surface area contributed by atoms with Gasteiger partial charge < -0.3 is 10.6 Å². The first-order valence-corrected chi connectivity index (χ1v) is 12.2. The van der Waals surface area contributed by atoms with Crippen LogP contribution in [0, 0.1) is 0 Å². The Bertz CT molecular complexity index is 193. The highest BCUT2D eigenvalue weighted by Crippen LogP contribution is 2.13. The molecule has 0 saturated heterocycles. The van der Waals surface area contributed by atoms with Crippen molar-refractivity contribution in [2.45, 2.75) is 130 Å². The highest BCUT2D eigenvalue weighted by atomic mass is 15.1. The van der Waals surface area contributed by atoms with Crippen molar-refractivity contribution in [1.29, 1.82) is 0 Å². The minimum atomic E-state index is 0.623. The highest BCUT2D eigenvalue weighted by Gasteiger charge is 1.94. The average molecular weight is 371 g/mol. The maximum Gasteiger partial charge on any atom is 0.0742 e. The predicted molar refractivity (Wildman–Crippen MR) is 121 cm³/mol. The van der Waals surface area contributed by atoms with Crippen LogP contribution in [0.2, 0.25) is 0 Å². The monoisotopic (exact) mass is 370 g/mol. The Labute approximate surface area is 167 Å². The van der Waals surface area contributed by atoms with E-state index in [-0.39, 0.29) is 0 Å². The van der Waals surface area contributed by atoms with Gasteiger partial charge in [0.1, 0.15) is 0 Å². The fourth-order valence-corrected chi connectivity index (χ4v) is 3.42. The molecule has 2 N–H and O–H groups in total. The largest absolute Gasteiger partial charge is 0.677 e. The van der Waals surface area contributed by atoms with Crippen LogP contribution in [-0.4, -0.2) is 26.2 Å². The Kier molecular flexibility index (Phi) is 29.4. The number of nitrogens with one attached hydrogen (secondary N) is 2. The van der Waals surface area contributed by atoms with Gasteiger partial charge in [-0.25, -0.2) is 0 Å². The molecule has 0 rings (SSSR count). The van der Waals surface area contributed by atoms with Crippen molar-refractivity contribution >= 4 is 0 Å². The molecule has 2 heteroatoms. The minimum absolute atomic E-state index is 0.623. The SMILES string of the molecule is CCCCCCCCCCCCCCCCCC[NH-].CC[NH+](CC)CC. The molecule has 0 aliphatic carbocycles. The maximum atomic E-state index is 7.08. The van der Waals surface area contributed by atoms with Gasteiger partial charge in [0.25, 0.3) is 0 Å². The van der Waals surface area contributed by atoms with E-state index < -0.39 is 0 Å². The summed E-state index contributed by atoms with van der Waals surface area (Å²) in [5.41, 5.74) is 7.08. The summed E-state index contributed by atoms with van der Waals surface area (Å²) in [6.45, 7) is 13.4. The third kappa shape index (κ3) is 26.2. The lowest BCUT2D eigenvalue weighted by atomic mass is 10.0. The summed E-state index contributed by atoms with van der Waals surface area (Å²) in [5.74, 6) is 0. The first-order valence-electron chi connectivity index (χ1n) is 12.2. The first-order chi connectivity index (χ1) is 12.8. The van der Waals surface area contributed by atoms with Crippen LogP contribution in [0.25, 0.3) is 5.73 Å². The molecule has 0 aromatic carbocycles. The van der Waals surface area contributed by atoms with Gasteiger partial charge >= 0.3 is 0 Å². The van der Waals surface area contributed by atoms with Crippen LogP contribution in [0.5, 0.6) is 0 Å². The lowest BCUT2D eigenvalue weighted by Crippen LogP contribution is -3.11. The highest BCUT2D eigenvalue weighted by molar-refractivity contribution is 4.53. The van der Waals surface area contributed by atoms with E-state index in [1.165, 1.54) is 116 Å². The summed E-state index contributed by atoms with van der Waals surface area (Å²) in [5, 5.41) is 0. The van der Waals surface area contributed by atoms with Crippen molar-refractivity contribution in [2.24, 2.45) is 0 Å². The van der Waals surface area contributed by atoms with Gasteiger partial charge in [-0.2, -0.15) is 6.54 Å². The number of hydrogen-bond donors (Lipinski definition) is 1. The zero-order valence-corrected chi connectivity index (χ0v) is 19.1. The molecular weight excluding hydrogens is 316 g/mol. The molecule has 0 fully saturated rings. The molecule has 0 aliphatic rings. The lowest BCUT2D eigenvalue weighted by molar-refractivity contribution is -0.894. The van der Waals surface area contributed by atoms with Crippen molar-refractivity contribution in [2.75, 3.05) is 26.2 Å². The van der Waals surface area contributed by atoms with E-state index in [4.69, 9.17) is 5.73 Å². The molecular formula is C24H54N2. The number of unbranched alkanes of at least 4 members (excludes halogenated alkanes) is 15. The van der Waals surface area contributed by atoms with Crippen LogP contribution >= 0.6 is 0 Å². The summed E-state index contributed by atoms with van der Waals surface area (Å²) in [6.07, 6.45) is 22.5. The van der Waals surface area contributed by atoms with Crippen molar-refractivity contribution in [3.05, 3.63) is 5.73 Å². The van der Waals surface area contributed by atoms with Gasteiger partial charge in [0.2, 0.25) is 0 Å². The Hall–Kier alpha value is -0.0800. The normalized spacial score (nSPS) is 10.8. The summed E-state index contributed by atoms with van der Waals surface area (Å²) in [7, 11) is 0. The molecule has 0 atom stereocenters. The van der Waals surface area contributed by atoms with Crippen LogP contribution in [0.15, 0.2) is 0 Å². The van der Waals surface area contributed by atoms with Crippen molar-refractivity contribution in [1.82, 2.24) is 0 Å². The molecule has 0 radical (unpaired) electrons. The number of hydrogen-bond acceptors (Lipinski definition) is 0. The van der Waals surface area contributed by atoms with Crippen molar-refractivity contribution < 1.29 is 4.90 Å². The molecule has 0 amide bonds. The fourth-order valence-electron chi connectivity index (χ4n) is 3.42. The van der Waals surface area contributed by atoms with Gasteiger partial charge in [-0.1, -0.05) is 110 Å². The molecule has 0 bridgehead atoms. The Morgan fingerprint density at radius 1 is 0.423 bits per heavy atom.